The summed E-state index contributed by atoms with van der Waals surface area (Å²) in [5.74, 6) is -1.19. The Labute approximate surface area is 104 Å². The van der Waals surface area contributed by atoms with Crippen molar-refractivity contribution in [1.82, 2.24) is 0 Å². The Morgan fingerprint density at radius 3 is 2.50 bits per heavy atom. The van der Waals surface area contributed by atoms with Crippen LogP contribution in [0.5, 0.6) is 5.75 Å². The van der Waals surface area contributed by atoms with Gasteiger partial charge in [0.05, 0.1) is 12.2 Å². The quantitative estimate of drug-likeness (QED) is 0.773. The Kier molecular flexibility index (Phi) is 3.30. The van der Waals surface area contributed by atoms with Gasteiger partial charge in [0, 0.05) is 0 Å². The second kappa shape index (κ2) is 4.89. The minimum atomic E-state index is -1.09. The molecule has 0 saturated carbocycles. The summed E-state index contributed by atoms with van der Waals surface area (Å²) < 4.78 is 0. The van der Waals surface area contributed by atoms with Crippen LogP contribution in [0.15, 0.2) is 42.5 Å². The number of phenols is 1. The molecule has 92 valence electrons. The van der Waals surface area contributed by atoms with E-state index in [1.807, 2.05) is 0 Å². The van der Waals surface area contributed by atoms with Gasteiger partial charge in [-0.15, -0.1) is 0 Å². The number of aliphatic hydroxyl groups is 1. The maximum absolute atomic E-state index is 10.9. The van der Waals surface area contributed by atoms with E-state index < -0.39 is 5.97 Å². The minimum Gasteiger partial charge on any atom is -0.508 e. The lowest BCUT2D eigenvalue weighted by Gasteiger charge is -2.06. The molecular weight excluding hydrogens is 232 g/mol. The van der Waals surface area contributed by atoms with Crippen LogP contribution in [0.1, 0.15) is 15.9 Å². The van der Waals surface area contributed by atoms with Crippen LogP contribution < -0.4 is 0 Å². The smallest absolute Gasteiger partial charge is 0.335 e. The highest BCUT2D eigenvalue weighted by Gasteiger charge is 2.08. The first-order chi connectivity index (χ1) is 8.60. The fraction of sp³-hybridized carbons (Fsp3) is 0.0714. The Morgan fingerprint density at radius 1 is 1.06 bits per heavy atom. The molecule has 4 nitrogen and oxygen atoms in total. The maximum Gasteiger partial charge on any atom is 0.335 e. The van der Waals surface area contributed by atoms with Gasteiger partial charge >= 0.3 is 5.97 Å². The van der Waals surface area contributed by atoms with E-state index in [2.05, 4.69) is 0 Å². The Bertz CT molecular complexity index is 590. The SMILES string of the molecule is O=C(O)c1cc(O)cc(-c2cccc(CO)c2)c1. The van der Waals surface area contributed by atoms with Crippen LogP contribution in [0.2, 0.25) is 0 Å². The number of hydrogen-bond donors (Lipinski definition) is 3. The summed E-state index contributed by atoms with van der Waals surface area (Å²) in [7, 11) is 0. The first-order valence-corrected chi connectivity index (χ1v) is 5.37. The number of rotatable bonds is 3. The third kappa shape index (κ3) is 2.49. The van der Waals surface area contributed by atoms with Crippen LogP contribution in [0.4, 0.5) is 0 Å². The van der Waals surface area contributed by atoms with Crippen molar-refractivity contribution in [2.75, 3.05) is 0 Å². The van der Waals surface area contributed by atoms with Gasteiger partial charge in [0.2, 0.25) is 0 Å². The molecule has 0 aliphatic heterocycles. The summed E-state index contributed by atoms with van der Waals surface area (Å²) in [4.78, 5) is 10.9. The predicted molar refractivity (Wildman–Crippen MR) is 66.4 cm³/mol. The minimum absolute atomic E-state index is 0.0272. The van der Waals surface area contributed by atoms with Crippen LogP contribution >= 0.6 is 0 Å². The lowest BCUT2D eigenvalue weighted by atomic mass is 10.0. The van der Waals surface area contributed by atoms with E-state index in [4.69, 9.17) is 10.2 Å². The van der Waals surface area contributed by atoms with Gasteiger partial charge in [-0.3, -0.25) is 0 Å². The van der Waals surface area contributed by atoms with Crippen LogP contribution in [-0.4, -0.2) is 21.3 Å². The summed E-state index contributed by atoms with van der Waals surface area (Å²) in [6.07, 6.45) is 0. The third-order valence-electron chi connectivity index (χ3n) is 2.61. The molecular formula is C14H12O4. The Balaban J connectivity index is 2.52. The molecule has 0 unspecified atom stereocenters. The van der Waals surface area contributed by atoms with Crippen molar-refractivity contribution >= 4 is 5.97 Å². The number of aromatic hydroxyl groups is 1. The van der Waals surface area contributed by atoms with E-state index in [1.165, 1.54) is 18.2 Å². The van der Waals surface area contributed by atoms with Gasteiger partial charge in [0.25, 0.3) is 0 Å². The molecule has 0 aliphatic carbocycles. The largest absolute Gasteiger partial charge is 0.508 e. The summed E-state index contributed by atoms with van der Waals surface area (Å²) in [6.45, 7) is -0.0849. The average Bonchev–Trinajstić information content (AvgIpc) is 2.38. The lowest BCUT2D eigenvalue weighted by molar-refractivity contribution is 0.0696. The second-order valence-electron chi connectivity index (χ2n) is 3.93. The highest BCUT2D eigenvalue weighted by atomic mass is 16.4. The molecule has 0 aromatic heterocycles. The number of benzene rings is 2. The topological polar surface area (TPSA) is 77.8 Å². The van der Waals surface area contributed by atoms with Crippen molar-refractivity contribution in [3.8, 4) is 16.9 Å². The molecule has 18 heavy (non-hydrogen) atoms. The molecule has 2 aromatic rings. The van der Waals surface area contributed by atoms with Gasteiger partial charge in [-0.25, -0.2) is 4.79 Å². The molecule has 0 amide bonds. The summed E-state index contributed by atoms with van der Waals surface area (Å²) in [6, 6.07) is 11.2. The number of phenolic OH excluding ortho intramolecular Hbond substituents is 1. The van der Waals surface area contributed by atoms with E-state index in [9.17, 15) is 9.90 Å². The molecule has 0 spiro atoms. The van der Waals surface area contributed by atoms with Crippen molar-refractivity contribution in [3.05, 3.63) is 53.6 Å². The fourth-order valence-corrected chi connectivity index (χ4v) is 1.75. The van der Waals surface area contributed by atoms with Gasteiger partial charge < -0.3 is 15.3 Å². The third-order valence-corrected chi connectivity index (χ3v) is 2.61. The summed E-state index contributed by atoms with van der Waals surface area (Å²) in [5.41, 5.74) is 2.11. The second-order valence-corrected chi connectivity index (χ2v) is 3.93. The van der Waals surface area contributed by atoms with E-state index >= 15 is 0 Å². The molecule has 0 aliphatic rings. The van der Waals surface area contributed by atoms with Crippen LogP contribution in [0, 0.1) is 0 Å². The normalized spacial score (nSPS) is 10.3. The molecule has 2 aromatic carbocycles. The average molecular weight is 244 g/mol. The van der Waals surface area contributed by atoms with Crippen LogP contribution in [0.3, 0.4) is 0 Å². The summed E-state index contributed by atoms with van der Waals surface area (Å²) in [5, 5.41) is 27.5. The number of aliphatic hydroxyl groups excluding tert-OH is 1. The molecule has 0 radical (unpaired) electrons. The number of carboxylic acids is 1. The van der Waals surface area contributed by atoms with E-state index in [1.54, 1.807) is 24.3 Å². The Morgan fingerprint density at radius 2 is 1.83 bits per heavy atom. The first-order valence-electron chi connectivity index (χ1n) is 5.37. The van der Waals surface area contributed by atoms with Crippen LogP contribution in [-0.2, 0) is 6.61 Å². The highest BCUT2D eigenvalue weighted by molar-refractivity contribution is 5.90. The molecule has 3 N–H and O–H groups in total. The molecule has 0 bridgehead atoms. The first kappa shape index (κ1) is 12.1. The van der Waals surface area contributed by atoms with Gasteiger partial charge in [0.1, 0.15) is 5.75 Å². The van der Waals surface area contributed by atoms with Gasteiger partial charge in [-0.2, -0.15) is 0 Å². The summed E-state index contributed by atoms with van der Waals surface area (Å²) >= 11 is 0. The maximum atomic E-state index is 10.9. The molecule has 0 saturated heterocycles. The van der Waals surface area contributed by atoms with Crippen LogP contribution in [0.25, 0.3) is 11.1 Å². The van der Waals surface area contributed by atoms with Gasteiger partial charge in [-0.1, -0.05) is 18.2 Å². The molecule has 0 fully saturated rings. The van der Waals surface area contributed by atoms with Crippen molar-refractivity contribution in [2.24, 2.45) is 0 Å². The van der Waals surface area contributed by atoms with Crippen molar-refractivity contribution < 1.29 is 20.1 Å². The number of hydrogen-bond acceptors (Lipinski definition) is 3. The Hall–Kier alpha value is -2.33. The molecule has 4 heteroatoms. The number of carbonyl (C=O) groups is 1. The van der Waals surface area contributed by atoms with Crippen molar-refractivity contribution in [2.45, 2.75) is 6.61 Å². The van der Waals surface area contributed by atoms with Gasteiger partial charge in [-0.05, 0) is 41.0 Å². The molecule has 0 heterocycles. The monoisotopic (exact) mass is 244 g/mol. The standard InChI is InChI=1S/C14H12O4/c15-8-9-2-1-3-10(4-9)11-5-12(14(17)18)7-13(16)6-11/h1-7,15-16H,8H2,(H,17,18). The molecule has 0 atom stereocenters. The molecule has 2 rings (SSSR count). The zero-order chi connectivity index (χ0) is 13.1. The van der Waals surface area contributed by atoms with E-state index in [0.29, 0.717) is 5.56 Å². The van der Waals surface area contributed by atoms with Gasteiger partial charge in [0.15, 0.2) is 0 Å². The van der Waals surface area contributed by atoms with Crippen molar-refractivity contribution in [3.63, 3.8) is 0 Å². The highest BCUT2D eigenvalue weighted by Crippen LogP contribution is 2.26. The zero-order valence-corrected chi connectivity index (χ0v) is 9.50. The van der Waals surface area contributed by atoms with E-state index in [-0.39, 0.29) is 17.9 Å². The van der Waals surface area contributed by atoms with E-state index in [0.717, 1.165) is 11.1 Å². The predicted octanol–water partition coefficient (Wildman–Crippen LogP) is 2.25. The number of carboxylic acid groups (broad SMARTS) is 1. The van der Waals surface area contributed by atoms with Crippen molar-refractivity contribution in [1.29, 1.82) is 0 Å². The number of aromatic carboxylic acids is 1. The zero-order valence-electron chi connectivity index (χ0n) is 9.50. The fourth-order valence-electron chi connectivity index (χ4n) is 1.75. The lowest BCUT2D eigenvalue weighted by Crippen LogP contribution is -1.96.